The van der Waals surface area contributed by atoms with Crippen LogP contribution >= 0.6 is 0 Å². The predicted molar refractivity (Wildman–Crippen MR) is 143 cm³/mol. The number of imide groups is 1. The van der Waals surface area contributed by atoms with E-state index in [1.54, 1.807) is 0 Å². The summed E-state index contributed by atoms with van der Waals surface area (Å²) in [5.74, 6) is 0.257. The van der Waals surface area contributed by atoms with Crippen molar-refractivity contribution in [3.8, 4) is 5.75 Å². The molecule has 1 aliphatic heterocycles. The van der Waals surface area contributed by atoms with Gasteiger partial charge in [0.15, 0.2) is 6.10 Å². The van der Waals surface area contributed by atoms with Crippen LogP contribution in [0.15, 0.2) is 85.1 Å². The van der Waals surface area contributed by atoms with E-state index in [-0.39, 0.29) is 18.4 Å². The van der Waals surface area contributed by atoms with E-state index in [0.29, 0.717) is 13.0 Å². The maximum absolute atomic E-state index is 13.8. The number of fused-ring (bicyclic) bond motifs is 1. The zero-order chi connectivity index (χ0) is 26.0. The molecule has 1 fully saturated rings. The minimum Gasteiger partial charge on any atom is -0.489 e. The smallest absolute Gasteiger partial charge is 0.263 e. The number of carbonyl (C=O) groups excluding carboxylic acids is 2. The summed E-state index contributed by atoms with van der Waals surface area (Å²) in [7, 11) is 0. The van der Waals surface area contributed by atoms with Gasteiger partial charge in [0.1, 0.15) is 12.4 Å². The van der Waals surface area contributed by atoms with Crippen LogP contribution in [0.5, 0.6) is 5.75 Å². The van der Waals surface area contributed by atoms with Gasteiger partial charge < -0.3 is 14.5 Å². The Bertz CT molecular complexity index is 1390. The predicted octanol–water partition coefficient (Wildman–Crippen LogP) is 5.83. The van der Waals surface area contributed by atoms with E-state index < -0.39 is 17.6 Å². The van der Waals surface area contributed by atoms with Crippen molar-refractivity contribution in [2.24, 2.45) is 5.41 Å². The fraction of sp³-hybridized carbons (Fsp3) is 0.290. The van der Waals surface area contributed by atoms with Crippen LogP contribution in [0, 0.1) is 5.41 Å². The van der Waals surface area contributed by atoms with Crippen molar-refractivity contribution < 1.29 is 19.1 Å². The number of morpholine rings is 1. The van der Waals surface area contributed by atoms with Gasteiger partial charge in [-0.1, -0.05) is 81.4 Å². The maximum atomic E-state index is 13.8. The average Bonchev–Trinajstić information content (AvgIpc) is 3.32. The van der Waals surface area contributed by atoms with Crippen LogP contribution in [-0.4, -0.2) is 34.3 Å². The second-order valence-electron chi connectivity index (χ2n) is 10.5. The number of nitrogens with zero attached hydrogens (tertiary/aromatic N) is 1. The molecule has 1 aliphatic rings. The minimum atomic E-state index is -0.826. The summed E-state index contributed by atoms with van der Waals surface area (Å²) in [6.07, 6.45) is 1.49. The van der Waals surface area contributed by atoms with E-state index >= 15 is 0 Å². The van der Waals surface area contributed by atoms with E-state index in [2.05, 4.69) is 4.98 Å². The highest BCUT2D eigenvalue weighted by Crippen LogP contribution is 2.34. The molecule has 2 atom stereocenters. The number of hydrogen-bond acceptors (Lipinski definition) is 4. The van der Waals surface area contributed by atoms with Gasteiger partial charge in [0.25, 0.3) is 5.91 Å². The Morgan fingerprint density at radius 3 is 2.41 bits per heavy atom. The zero-order valence-corrected chi connectivity index (χ0v) is 21.4. The number of amides is 2. The Morgan fingerprint density at radius 2 is 1.68 bits per heavy atom. The molecule has 1 saturated heterocycles. The van der Waals surface area contributed by atoms with Crippen molar-refractivity contribution in [1.82, 2.24) is 9.88 Å². The summed E-state index contributed by atoms with van der Waals surface area (Å²) >= 11 is 0. The molecule has 5 rings (SSSR count). The number of benzene rings is 3. The Morgan fingerprint density at radius 1 is 0.973 bits per heavy atom. The first kappa shape index (κ1) is 24.8. The summed E-state index contributed by atoms with van der Waals surface area (Å²) in [6, 6.07) is 25.2. The lowest BCUT2D eigenvalue weighted by atomic mass is 9.91. The number of H-pyrrole nitrogens is 1. The molecule has 0 aliphatic carbocycles. The highest BCUT2D eigenvalue weighted by molar-refractivity contribution is 6.02. The third-order valence-corrected chi connectivity index (χ3v) is 6.69. The highest BCUT2D eigenvalue weighted by atomic mass is 16.5. The van der Waals surface area contributed by atoms with Crippen molar-refractivity contribution >= 4 is 22.7 Å². The van der Waals surface area contributed by atoms with Crippen LogP contribution in [0.4, 0.5) is 0 Å². The molecule has 0 unspecified atom stereocenters. The van der Waals surface area contributed by atoms with Gasteiger partial charge in [0, 0.05) is 28.1 Å². The molecule has 0 radical (unpaired) electrons. The maximum Gasteiger partial charge on any atom is 0.263 e. The Labute approximate surface area is 217 Å². The molecule has 6 nitrogen and oxygen atoms in total. The molecular formula is C31H32N2O4. The molecule has 190 valence electrons. The summed E-state index contributed by atoms with van der Waals surface area (Å²) < 4.78 is 12.0. The number of ether oxygens (including phenoxy) is 2. The van der Waals surface area contributed by atoms with E-state index in [4.69, 9.17) is 9.47 Å². The monoisotopic (exact) mass is 496 g/mol. The van der Waals surface area contributed by atoms with E-state index in [9.17, 15) is 9.59 Å². The van der Waals surface area contributed by atoms with Crippen molar-refractivity contribution in [3.05, 3.63) is 102 Å². The third-order valence-electron chi connectivity index (χ3n) is 6.69. The van der Waals surface area contributed by atoms with Crippen LogP contribution in [0.25, 0.3) is 10.9 Å². The Balaban J connectivity index is 1.34. The molecule has 6 heteroatoms. The number of aromatic amines is 1. The molecule has 0 bridgehead atoms. The van der Waals surface area contributed by atoms with Crippen molar-refractivity contribution in [1.29, 1.82) is 0 Å². The lowest BCUT2D eigenvalue weighted by Gasteiger charge is -2.40. The summed E-state index contributed by atoms with van der Waals surface area (Å²) in [5, 5.41) is 0.925. The van der Waals surface area contributed by atoms with Crippen LogP contribution in [0.3, 0.4) is 0 Å². The molecule has 2 heterocycles. The van der Waals surface area contributed by atoms with Crippen LogP contribution in [0.1, 0.15) is 43.6 Å². The van der Waals surface area contributed by atoms with E-state index in [1.807, 2.05) is 106 Å². The molecular weight excluding hydrogens is 464 g/mol. The van der Waals surface area contributed by atoms with Gasteiger partial charge in [-0.2, -0.15) is 0 Å². The number of rotatable bonds is 6. The first-order chi connectivity index (χ1) is 17.8. The van der Waals surface area contributed by atoms with Crippen molar-refractivity contribution in [3.63, 3.8) is 0 Å². The number of carbonyl (C=O) groups is 2. The summed E-state index contributed by atoms with van der Waals surface area (Å²) in [6.45, 7) is 6.29. The number of hydrogen-bond donors (Lipinski definition) is 1. The Kier molecular flexibility index (Phi) is 6.85. The lowest BCUT2D eigenvalue weighted by Crippen LogP contribution is -2.57. The van der Waals surface area contributed by atoms with Gasteiger partial charge in [-0.25, -0.2) is 0 Å². The molecule has 1 aromatic heterocycles. The molecule has 0 spiro atoms. The van der Waals surface area contributed by atoms with Crippen LogP contribution < -0.4 is 4.74 Å². The molecule has 1 N–H and O–H groups in total. The quantitative estimate of drug-likeness (QED) is 0.365. The largest absolute Gasteiger partial charge is 0.489 e. The second kappa shape index (κ2) is 10.2. The first-order valence-corrected chi connectivity index (χ1v) is 12.6. The fourth-order valence-electron chi connectivity index (χ4n) is 4.71. The third kappa shape index (κ3) is 5.30. The van der Waals surface area contributed by atoms with Gasteiger partial charge in [0.05, 0.1) is 12.6 Å². The zero-order valence-electron chi connectivity index (χ0n) is 21.4. The van der Waals surface area contributed by atoms with E-state index in [1.165, 1.54) is 4.90 Å². The fourth-order valence-corrected chi connectivity index (χ4v) is 4.71. The summed E-state index contributed by atoms with van der Waals surface area (Å²) in [5.41, 5.74) is 3.09. The minimum absolute atomic E-state index is 0.196. The van der Waals surface area contributed by atoms with E-state index in [0.717, 1.165) is 33.3 Å². The van der Waals surface area contributed by atoms with Gasteiger partial charge in [-0.15, -0.1) is 0 Å². The second-order valence-corrected chi connectivity index (χ2v) is 10.5. The summed E-state index contributed by atoms with van der Waals surface area (Å²) in [4.78, 5) is 31.9. The average molecular weight is 497 g/mol. The van der Waals surface area contributed by atoms with Gasteiger partial charge >= 0.3 is 0 Å². The van der Waals surface area contributed by atoms with Crippen molar-refractivity contribution in [2.45, 2.75) is 45.9 Å². The van der Waals surface area contributed by atoms with Crippen molar-refractivity contribution in [2.75, 3.05) is 6.61 Å². The Hall–Kier alpha value is -3.90. The van der Waals surface area contributed by atoms with Gasteiger partial charge in [-0.3, -0.25) is 14.5 Å². The number of para-hydroxylation sites is 1. The lowest BCUT2D eigenvalue weighted by molar-refractivity contribution is -0.172. The SMILES string of the molecule is CC(C)(C)C(=O)N1C(=O)[C@H](c2c[nH]c3ccccc23)OC[C@@H]1Cc1ccc(OCc2ccccc2)cc1. The molecule has 0 saturated carbocycles. The van der Waals surface area contributed by atoms with Gasteiger partial charge in [0.2, 0.25) is 5.91 Å². The van der Waals surface area contributed by atoms with Crippen LogP contribution in [-0.2, 0) is 27.4 Å². The van der Waals surface area contributed by atoms with Gasteiger partial charge in [-0.05, 0) is 35.7 Å². The first-order valence-electron chi connectivity index (χ1n) is 12.6. The molecule has 37 heavy (non-hydrogen) atoms. The topological polar surface area (TPSA) is 71.6 Å². The standard InChI is InChI=1S/C31H32N2O4/c1-31(2,3)30(35)33-23(17-21-13-15-24(16-14-21)36-19-22-9-5-4-6-10-22)20-37-28(29(33)34)26-18-32-27-12-8-7-11-25(26)27/h4-16,18,23,28,32H,17,19-20H2,1-3H3/t23-,28-/m0/s1. The van der Waals surface area contributed by atoms with Crippen LogP contribution in [0.2, 0.25) is 0 Å². The molecule has 4 aromatic rings. The number of aromatic nitrogens is 1. The number of nitrogens with one attached hydrogen (secondary N) is 1. The highest BCUT2D eigenvalue weighted by Gasteiger charge is 2.44. The molecule has 2 amide bonds. The normalized spacial score (nSPS) is 18.2. The molecule has 3 aromatic carbocycles.